The number of nitro groups is 1. The second kappa shape index (κ2) is 9.88. The first-order valence-corrected chi connectivity index (χ1v) is 8.08. The monoisotopic (exact) mass is 425 g/mol. The number of carbonyl (C=O) groups excluding carboxylic acids is 1. The summed E-state index contributed by atoms with van der Waals surface area (Å²) in [6.45, 7) is 2.41. The van der Waals surface area contributed by atoms with E-state index in [1.165, 1.54) is 31.2 Å². The van der Waals surface area contributed by atoms with Gasteiger partial charge in [-0.15, -0.1) is 0 Å². The van der Waals surface area contributed by atoms with E-state index in [9.17, 15) is 24.5 Å². The average molecular weight is 425 g/mol. The van der Waals surface area contributed by atoms with Crippen molar-refractivity contribution in [3.63, 3.8) is 0 Å². The van der Waals surface area contributed by atoms with Gasteiger partial charge in [-0.2, -0.15) is 0 Å². The first kappa shape index (κ1) is 22.2. The van der Waals surface area contributed by atoms with Crippen LogP contribution >= 0.6 is 0 Å². The number of non-ortho nitro benzene ring substituents is 1. The highest BCUT2D eigenvalue weighted by Crippen LogP contribution is 2.18. The van der Waals surface area contributed by atoms with Gasteiger partial charge in [0.25, 0.3) is 5.69 Å². The maximum absolute atomic E-state index is 11.4. The summed E-state index contributed by atoms with van der Waals surface area (Å²) >= 11 is 0. The molecular weight excluding hydrogens is 410 g/mol. The Morgan fingerprint density at radius 2 is 1.53 bits per heavy atom. The fraction of sp³-hybridized carbons (Fsp3) is 0.235. The molecule has 0 atom stereocenters. The molecule has 0 radical (unpaired) electrons. The Bertz CT molecular complexity index is 1110. The molecule has 0 amide bonds. The third kappa shape index (κ3) is 6.20. The van der Waals surface area contributed by atoms with Crippen molar-refractivity contribution in [2.75, 3.05) is 0 Å². The molecule has 2 aromatic heterocycles. The number of nitrogens with zero attached hydrogens (tertiary/aromatic N) is 1. The number of rotatable bonds is 5. The predicted octanol–water partition coefficient (Wildman–Crippen LogP) is 2.20. The van der Waals surface area contributed by atoms with Crippen molar-refractivity contribution in [3.05, 3.63) is 78.7 Å². The van der Waals surface area contributed by atoms with Crippen molar-refractivity contribution < 1.29 is 42.0 Å². The van der Waals surface area contributed by atoms with Gasteiger partial charge in [0.1, 0.15) is 18.1 Å². The fourth-order valence-electron chi connectivity index (χ4n) is 1.91. The van der Waals surface area contributed by atoms with Crippen LogP contribution in [0.3, 0.4) is 0 Å². The molecule has 1 N–H and O–H groups in total. The van der Waals surface area contributed by atoms with Gasteiger partial charge in [-0.1, -0.05) is 0 Å². The summed E-state index contributed by atoms with van der Waals surface area (Å²) < 4.78 is 27.5. The maximum atomic E-state index is 11.4. The molecule has 0 fully saturated rings. The van der Waals surface area contributed by atoms with Gasteiger partial charge < -0.3 is 32.2 Å². The van der Waals surface area contributed by atoms with E-state index in [4.69, 9.17) is 14.6 Å². The lowest BCUT2D eigenvalue weighted by Gasteiger charge is -2.04. The Hall–Kier alpha value is -4.13. The molecule has 2 heterocycles. The van der Waals surface area contributed by atoms with Crippen molar-refractivity contribution in [2.24, 2.45) is 0 Å². The van der Waals surface area contributed by atoms with Crippen molar-refractivity contribution in [1.29, 1.82) is 0 Å². The molecule has 30 heavy (non-hydrogen) atoms. The minimum absolute atomic E-state index is 0.0700. The highest BCUT2D eigenvalue weighted by Gasteiger charge is 2.13. The van der Waals surface area contributed by atoms with Crippen LogP contribution in [0.15, 0.2) is 51.5 Å². The largest absolute Gasteiger partial charge is 0.519 e. The van der Waals surface area contributed by atoms with Crippen LogP contribution in [-0.4, -0.2) is 16.2 Å². The fourth-order valence-corrected chi connectivity index (χ4v) is 1.91. The second-order valence-corrected chi connectivity index (χ2v) is 5.42. The third-order valence-corrected chi connectivity index (χ3v) is 3.38. The molecule has 1 aromatic carbocycles. The van der Waals surface area contributed by atoms with Crippen LogP contribution in [0.1, 0.15) is 23.0 Å². The van der Waals surface area contributed by atoms with Gasteiger partial charge in [-0.05, 0) is 26.0 Å². The van der Waals surface area contributed by atoms with E-state index in [1.54, 1.807) is 6.92 Å². The molecule has 160 valence electrons. The summed E-state index contributed by atoms with van der Waals surface area (Å²) in [6.07, 6.45) is -1.05. The van der Waals surface area contributed by atoms with E-state index in [2.05, 4.69) is 17.7 Å². The summed E-state index contributed by atoms with van der Waals surface area (Å²) in [5, 5.41) is 18.9. The summed E-state index contributed by atoms with van der Waals surface area (Å²) in [6, 6.07) is 4.87. The molecular formula is C17H15NO12. The molecule has 0 aliphatic carbocycles. The lowest BCUT2D eigenvalue weighted by atomic mass is 10.3. The number of carbonyl (C=O) groups is 1. The van der Waals surface area contributed by atoms with Gasteiger partial charge in [0, 0.05) is 12.1 Å². The van der Waals surface area contributed by atoms with Crippen LogP contribution in [-0.2, 0) is 18.0 Å². The van der Waals surface area contributed by atoms with Gasteiger partial charge in [0.2, 0.25) is 0 Å². The van der Waals surface area contributed by atoms with Crippen LogP contribution < -0.4 is 16.4 Å². The van der Waals surface area contributed by atoms with E-state index in [0.717, 1.165) is 0 Å². The summed E-state index contributed by atoms with van der Waals surface area (Å²) in [7, 11) is 0. The number of aliphatic hydroxyl groups excluding tert-OH is 1. The minimum atomic E-state index is -1.05. The van der Waals surface area contributed by atoms with Gasteiger partial charge in [-0.25, -0.2) is 14.4 Å². The Morgan fingerprint density at radius 1 is 1.00 bits per heavy atom. The molecule has 3 aromatic rings. The highest BCUT2D eigenvalue weighted by atomic mass is 16.7. The first-order valence-electron chi connectivity index (χ1n) is 8.08. The highest BCUT2D eigenvalue weighted by molar-refractivity contribution is 5.64. The number of aryl methyl sites for hydroxylation is 2. The molecule has 13 nitrogen and oxygen atoms in total. The van der Waals surface area contributed by atoms with Crippen LogP contribution in [0.25, 0.3) is 0 Å². The molecule has 0 spiro atoms. The Morgan fingerprint density at radius 3 is 1.93 bits per heavy atom. The predicted molar refractivity (Wildman–Crippen MR) is 93.8 cm³/mol. The SMILES string of the molecule is Cc1oc(=O)oc1CO.Cc1oc(=O)oc1COC(=O)Oc1ccc([N+](=O)[O-])cc1. The van der Waals surface area contributed by atoms with Crippen LogP contribution in [0, 0.1) is 24.0 Å². The molecule has 13 heteroatoms. The average Bonchev–Trinajstić information content (AvgIpc) is 3.20. The molecule has 3 rings (SSSR count). The van der Waals surface area contributed by atoms with E-state index in [-0.39, 0.29) is 41.9 Å². The van der Waals surface area contributed by atoms with E-state index in [0.29, 0.717) is 5.76 Å². The van der Waals surface area contributed by atoms with Crippen molar-refractivity contribution in [1.82, 2.24) is 0 Å². The van der Waals surface area contributed by atoms with Gasteiger partial charge in [0.05, 0.1) is 4.92 Å². The summed E-state index contributed by atoms with van der Waals surface area (Å²) in [5.74, 6) is -0.784. The van der Waals surface area contributed by atoms with Crippen LogP contribution in [0.4, 0.5) is 10.5 Å². The minimum Gasteiger partial charge on any atom is -0.426 e. The molecule has 0 aliphatic heterocycles. The zero-order chi connectivity index (χ0) is 22.3. The van der Waals surface area contributed by atoms with E-state index in [1.807, 2.05) is 0 Å². The molecule has 0 aliphatic rings. The number of aliphatic hydroxyl groups is 1. The smallest absolute Gasteiger partial charge is 0.426 e. The summed E-state index contributed by atoms with van der Waals surface area (Å²) in [4.78, 5) is 42.3. The van der Waals surface area contributed by atoms with Crippen molar-refractivity contribution >= 4 is 11.8 Å². The van der Waals surface area contributed by atoms with Crippen molar-refractivity contribution in [2.45, 2.75) is 27.1 Å². The Labute approximate surface area is 166 Å². The normalized spacial score (nSPS) is 10.1. The number of hydrogen-bond acceptors (Lipinski definition) is 12. The first-order chi connectivity index (χ1) is 14.2. The third-order valence-electron chi connectivity index (χ3n) is 3.38. The number of hydrogen-bond donors (Lipinski definition) is 1. The zero-order valence-corrected chi connectivity index (χ0v) is 15.6. The van der Waals surface area contributed by atoms with Gasteiger partial charge in [-0.3, -0.25) is 10.1 Å². The topological polar surface area (TPSA) is 186 Å². The van der Waals surface area contributed by atoms with E-state index < -0.39 is 22.7 Å². The van der Waals surface area contributed by atoms with Crippen LogP contribution in [0.5, 0.6) is 5.75 Å². The number of nitro benzene ring substituents is 1. The standard InChI is InChI=1S/C12H9NO8.C5H6O4/c1-7-10(21-12(15)19-7)6-18-11(14)20-9-4-2-8(3-5-9)13(16)17;1-3-4(2-6)9-5(7)8-3/h2-5H,6H2,1H3;6H,2H2,1H3. The molecule has 0 bridgehead atoms. The van der Waals surface area contributed by atoms with Gasteiger partial charge in [0.15, 0.2) is 23.9 Å². The lowest BCUT2D eigenvalue weighted by Crippen LogP contribution is -2.10. The van der Waals surface area contributed by atoms with E-state index >= 15 is 0 Å². The lowest BCUT2D eigenvalue weighted by molar-refractivity contribution is -0.384. The maximum Gasteiger partial charge on any atom is 0.519 e. The number of benzene rings is 1. The summed E-state index contributed by atoms with van der Waals surface area (Å²) in [5.41, 5.74) is -0.133. The van der Waals surface area contributed by atoms with Crippen molar-refractivity contribution in [3.8, 4) is 5.75 Å². The molecule has 0 saturated carbocycles. The van der Waals surface area contributed by atoms with Gasteiger partial charge >= 0.3 is 17.8 Å². The second-order valence-electron chi connectivity index (χ2n) is 5.42. The Kier molecular flexibility index (Phi) is 7.30. The van der Waals surface area contributed by atoms with Crippen LogP contribution in [0.2, 0.25) is 0 Å². The zero-order valence-electron chi connectivity index (χ0n) is 15.6. The Balaban J connectivity index is 0.000000297. The quantitative estimate of drug-likeness (QED) is 0.272. The molecule has 0 unspecified atom stereocenters. The molecule has 0 saturated heterocycles. The number of ether oxygens (including phenoxy) is 2.